The van der Waals surface area contributed by atoms with E-state index in [0.29, 0.717) is 35.1 Å². The van der Waals surface area contributed by atoms with Crippen molar-refractivity contribution >= 4 is 27.5 Å². The van der Waals surface area contributed by atoms with Gasteiger partial charge in [0.15, 0.2) is 23.0 Å². The first-order valence-corrected chi connectivity index (χ1v) is 10.2. The van der Waals surface area contributed by atoms with Crippen molar-refractivity contribution in [1.82, 2.24) is 4.90 Å². The number of nitrogens with zero attached hydrogens (tertiary/aromatic N) is 1. The van der Waals surface area contributed by atoms with Crippen molar-refractivity contribution in [3.05, 3.63) is 35.9 Å². The van der Waals surface area contributed by atoms with Crippen molar-refractivity contribution in [3.8, 4) is 23.0 Å². The SMILES string of the molecule is COc1cc2cc(C(=O)N3CCC[C@H]3CO)c3cc(OC)c(OC)cc3c2cc1OC. The quantitative estimate of drug-likeness (QED) is 0.608. The van der Waals surface area contributed by atoms with Gasteiger partial charge in [-0.1, -0.05) is 0 Å². The van der Waals surface area contributed by atoms with E-state index >= 15 is 0 Å². The average molecular weight is 425 g/mol. The fourth-order valence-electron chi connectivity index (χ4n) is 4.43. The second-order valence-electron chi connectivity index (χ2n) is 7.58. The van der Waals surface area contributed by atoms with Crippen LogP contribution >= 0.6 is 0 Å². The Kier molecular flexibility index (Phi) is 5.78. The molecule has 1 fully saturated rings. The zero-order valence-electron chi connectivity index (χ0n) is 18.2. The van der Waals surface area contributed by atoms with E-state index in [9.17, 15) is 9.90 Å². The van der Waals surface area contributed by atoms with Crippen molar-refractivity contribution in [2.45, 2.75) is 18.9 Å². The van der Waals surface area contributed by atoms with Crippen LogP contribution in [0.25, 0.3) is 21.5 Å². The lowest BCUT2D eigenvalue weighted by Crippen LogP contribution is -2.37. The lowest BCUT2D eigenvalue weighted by Gasteiger charge is -2.24. The van der Waals surface area contributed by atoms with Gasteiger partial charge in [0.1, 0.15) is 0 Å². The summed E-state index contributed by atoms with van der Waals surface area (Å²) in [5, 5.41) is 13.1. The van der Waals surface area contributed by atoms with Gasteiger partial charge in [0.25, 0.3) is 5.91 Å². The molecule has 3 aromatic rings. The number of aliphatic hydroxyl groups excluding tert-OH is 1. The van der Waals surface area contributed by atoms with E-state index in [1.165, 1.54) is 0 Å². The summed E-state index contributed by atoms with van der Waals surface area (Å²) < 4.78 is 22.0. The molecular formula is C24H27NO6. The van der Waals surface area contributed by atoms with Gasteiger partial charge in [-0.2, -0.15) is 0 Å². The van der Waals surface area contributed by atoms with Gasteiger partial charge in [-0.05, 0) is 64.7 Å². The molecule has 0 aliphatic carbocycles. The van der Waals surface area contributed by atoms with Crippen LogP contribution in [0.5, 0.6) is 23.0 Å². The number of fused-ring (bicyclic) bond motifs is 3. The monoisotopic (exact) mass is 425 g/mol. The van der Waals surface area contributed by atoms with E-state index in [1.807, 2.05) is 30.3 Å². The Bertz CT molecular complexity index is 1140. The molecule has 7 nitrogen and oxygen atoms in total. The van der Waals surface area contributed by atoms with Gasteiger partial charge in [0.05, 0.1) is 41.1 Å². The van der Waals surface area contributed by atoms with Crippen molar-refractivity contribution in [2.24, 2.45) is 0 Å². The van der Waals surface area contributed by atoms with Crippen LogP contribution in [0, 0.1) is 0 Å². The van der Waals surface area contributed by atoms with Crippen molar-refractivity contribution < 1.29 is 28.8 Å². The molecular weight excluding hydrogens is 398 g/mol. The highest BCUT2D eigenvalue weighted by Crippen LogP contribution is 2.41. The molecule has 0 unspecified atom stereocenters. The lowest BCUT2D eigenvalue weighted by molar-refractivity contribution is 0.0679. The Morgan fingerprint density at radius 2 is 1.42 bits per heavy atom. The molecule has 1 aliphatic heterocycles. The largest absolute Gasteiger partial charge is 0.493 e. The third-order valence-electron chi connectivity index (χ3n) is 6.04. The number of carbonyl (C=O) groups is 1. The van der Waals surface area contributed by atoms with Crippen LogP contribution in [0.3, 0.4) is 0 Å². The van der Waals surface area contributed by atoms with Crippen LogP contribution < -0.4 is 18.9 Å². The predicted molar refractivity (Wildman–Crippen MR) is 119 cm³/mol. The van der Waals surface area contributed by atoms with Crippen molar-refractivity contribution in [1.29, 1.82) is 0 Å². The molecule has 1 amide bonds. The fraction of sp³-hybridized carbons (Fsp3) is 0.375. The maximum absolute atomic E-state index is 13.6. The fourth-order valence-corrected chi connectivity index (χ4v) is 4.43. The van der Waals surface area contributed by atoms with E-state index in [4.69, 9.17) is 18.9 Å². The minimum absolute atomic E-state index is 0.0422. The van der Waals surface area contributed by atoms with Gasteiger partial charge >= 0.3 is 0 Å². The first-order chi connectivity index (χ1) is 15.1. The standard InChI is InChI=1S/C24H27NO6/c1-28-20-9-14-8-19(24(27)25-7-5-6-15(25)13-26)18-12-23(31-4)22(30-3)11-17(18)16(14)10-21(20)29-2/h8-12,15,26H,5-7,13H2,1-4H3/t15-/m0/s1. The molecule has 0 spiro atoms. The maximum Gasteiger partial charge on any atom is 0.254 e. The van der Waals surface area contributed by atoms with Crippen LogP contribution in [0.4, 0.5) is 0 Å². The normalized spacial score (nSPS) is 16.0. The van der Waals surface area contributed by atoms with E-state index in [2.05, 4.69) is 0 Å². The number of benzene rings is 3. The average Bonchev–Trinajstić information content (AvgIpc) is 3.30. The molecule has 1 atom stereocenters. The number of methoxy groups -OCH3 is 4. The summed E-state index contributed by atoms with van der Waals surface area (Å²) in [7, 11) is 6.33. The lowest BCUT2D eigenvalue weighted by atomic mass is 9.95. The molecule has 1 saturated heterocycles. The number of hydrogen-bond acceptors (Lipinski definition) is 6. The predicted octanol–water partition coefficient (Wildman–Crippen LogP) is 3.62. The van der Waals surface area contributed by atoms with Gasteiger partial charge in [0, 0.05) is 12.1 Å². The molecule has 1 aliphatic rings. The van der Waals surface area contributed by atoms with Crippen molar-refractivity contribution in [2.75, 3.05) is 41.6 Å². The summed E-state index contributed by atoms with van der Waals surface area (Å²) in [6, 6.07) is 9.20. The Morgan fingerprint density at radius 3 is 2.00 bits per heavy atom. The summed E-state index contributed by atoms with van der Waals surface area (Å²) in [5.41, 5.74) is 0.552. The first kappa shape index (κ1) is 21.1. The van der Waals surface area contributed by atoms with Crippen LogP contribution in [0.1, 0.15) is 23.2 Å². The summed E-state index contributed by atoms with van der Waals surface area (Å²) in [5.74, 6) is 2.20. The second-order valence-corrected chi connectivity index (χ2v) is 7.58. The number of aliphatic hydroxyl groups is 1. The van der Waals surface area contributed by atoms with Gasteiger partial charge < -0.3 is 29.0 Å². The molecule has 1 N–H and O–H groups in total. The minimum Gasteiger partial charge on any atom is -0.493 e. The number of carbonyl (C=O) groups excluding carboxylic acids is 1. The Hall–Kier alpha value is -3.19. The van der Waals surface area contributed by atoms with Gasteiger partial charge in [-0.25, -0.2) is 0 Å². The number of ether oxygens (including phenoxy) is 4. The van der Waals surface area contributed by atoms with E-state index in [-0.39, 0.29) is 18.6 Å². The van der Waals surface area contributed by atoms with Gasteiger partial charge in [-0.15, -0.1) is 0 Å². The van der Waals surface area contributed by atoms with Crippen LogP contribution in [-0.4, -0.2) is 63.5 Å². The highest BCUT2D eigenvalue weighted by atomic mass is 16.5. The zero-order chi connectivity index (χ0) is 22.1. The molecule has 164 valence electrons. The number of hydrogen-bond donors (Lipinski definition) is 1. The first-order valence-electron chi connectivity index (χ1n) is 10.2. The number of rotatable bonds is 6. The minimum atomic E-state index is -0.163. The van der Waals surface area contributed by atoms with Gasteiger partial charge in [0.2, 0.25) is 0 Å². The van der Waals surface area contributed by atoms with Crippen LogP contribution in [0.15, 0.2) is 30.3 Å². The van der Waals surface area contributed by atoms with Crippen LogP contribution in [0.2, 0.25) is 0 Å². The number of likely N-dealkylation sites (tertiary alicyclic amines) is 1. The molecule has 31 heavy (non-hydrogen) atoms. The number of amides is 1. The zero-order valence-corrected chi connectivity index (χ0v) is 18.2. The topological polar surface area (TPSA) is 77.5 Å². The molecule has 1 heterocycles. The van der Waals surface area contributed by atoms with E-state index in [1.54, 1.807) is 33.3 Å². The summed E-state index contributed by atoms with van der Waals surface area (Å²) >= 11 is 0. The smallest absolute Gasteiger partial charge is 0.254 e. The molecule has 3 aromatic carbocycles. The van der Waals surface area contributed by atoms with E-state index in [0.717, 1.165) is 34.4 Å². The molecule has 0 saturated carbocycles. The third-order valence-corrected chi connectivity index (χ3v) is 6.04. The summed E-state index contributed by atoms with van der Waals surface area (Å²) in [6.45, 7) is 0.586. The Labute approximate surface area is 181 Å². The van der Waals surface area contributed by atoms with Crippen molar-refractivity contribution in [3.63, 3.8) is 0 Å². The summed E-state index contributed by atoms with van der Waals surface area (Å²) in [4.78, 5) is 15.4. The molecule has 0 bridgehead atoms. The van der Waals surface area contributed by atoms with E-state index < -0.39 is 0 Å². The maximum atomic E-state index is 13.6. The second kappa shape index (κ2) is 8.51. The highest BCUT2D eigenvalue weighted by Gasteiger charge is 2.30. The molecule has 4 rings (SSSR count). The van der Waals surface area contributed by atoms with Crippen LogP contribution in [-0.2, 0) is 0 Å². The Balaban J connectivity index is 2.04. The molecule has 0 aromatic heterocycles. The molecule has 7 heteroatoms. The highest BCUT2D eigenvalue weighted by molar-refractivity contribution is 6.18. The van der Waals surface area contributed by atoms with Gasteiger partial charge in [-0.3, -0.25) is 4.79 Å². The molecule has 0 radical (unpaired) electrons. The summed E-state index contributed by atoms with van der Waals surface area (Å²) in [6.07, 6.45) is 1.68. The third kappa shape index (κ3) is 3.49. The Morgan fingerprint density at radius 1 is 0.871 bits per heavy atom.